The van der Waals surface area contributed by atoms with Crippen molar-refractivity contribution in [2.45, 2.75) is 11.8 Å². The quantitative estimate of drug-likeness (QED) is 0.574. The maximum Gasteiger partial charge on any atom is 0.253 e. The summed E-state index contributed by atoms with van der Waals surface area (Å²) in [5.41, 5.74) is 2.50. The fourth-order valence-electron chi connectivity index (χ4n) is 3.49. The van der Waals surface area contributed by atoms with Crippen molar-refractivity contribution in [2.75, 3.05) is 45.2 Å². The number of carbonyl (C=O) groups is 1. The summed E-state index contributed by atoms with van der Waals surface area (Å²) >= 11 is 7.90. The fraction of sp³-hybridized carbons (Fsp3) is 0.333. The number of hydrogen-bond donors (Lipinski definition) is 0. The predicted octanol–water partition coefficient (Wildman–Crippen LogP) is 3.47. The maximum absolute atomic E-state index is 12.9. The third-order valence-corrected chi connectivity index (χ3v) is 8.81. The molecule has 1 aliphatic rings. The monoisotopic (exact) mass is 478 g/mol. The summed E-state index contributed by atoms with van der Waals surface area (Å²) in [6, 6.07) is 9.97. The molecule has 0 spiro atoms. The van der Waals surface area contributed by atoms with Gasteiger partial charge in [-0.2, -0.15) is 0 Å². The van der Waals surface area contributed by atoms with Gasteiger partial charge >= 0.3 is 0 Å². The van der Waals surface area contributed by atoms with Crippen LogP contribution in [0.25, 0.3) is 10.2 Å². The van der Waals surface area contributed by atoms with E-state index in [2.05, 4.69) is 4.90 Å². The highest BCUT2D eigenvalue weighted by atomic mass is 35.5. The number of aryl methyl sites for hydroxylation is 1. The summed E-state index contributed by atoms with van der Waals surface area (Å²) < 4.78 is 26.5. The van der Waals surface area contributed by atoms with Crippen LogP contribution in [0.4, 0.5) is 5.13 Å². The first kappa shape index (κ1) is 22.0. The molecule has 0 unspecified atom stereocenters. The molecule has 7 nitrogen and oxygen atoms in total. The zero-order valence-corrected chi connectivity index (χ0v) is 19.9. The van der Waals surface area contributed by atoms with Gasteiger partial charge in [-0.3, -0.25) is 4.79 Å². The number of anilines is 1. The molecule has 31 heavy (non-hydrogen) atoms. The van der Waals surface area contributed by atoms with Gasteiger partial charge in [0.25, 0.3) is 5.91 Å². The maximum atomic E-state index is 12.9. The van der Waals surface area contributed by atoms with Crippen LogP contribution in [0.15, 0.2) is 41.3 Å². The van der Waals surface area contributed by atoms with Gasteiger partial charge in [0.15, 0.2) is 5.13 Å². The molecule has 1 amide bonds. The minimum atomic E-state index is -3.51. The van der Waals surface area contributed by atoms with E-state index < -0.39 is 10.0 Å². The molecule has 0 aliphatic carbocycles. The van der Waals surface area contributed by atoms with Gasteiger partial charge in [0.2, 0.25) is 10.0 Å². The van der Waals surface area contributed by atoms with Gasteiger partial charge < -0.3 is 9.80 Å². The standard InChI is InChI=1S/C21H23ClN4O3S2/c1-14-4-9-17(22)19-18(14)23-21(30-19)26-12-10-25(11-13-26)20(27)15-5-7-16(8-6-15)31(28,29)24(2)3/h4-9H,10-13H2,1-3H3. The molecule has 2 heterocycles. The Morgan fingerprint density at radius 1 is 1.06 bits per heavy atom. The fourth-order valence-corrected chi connectivity index (χ4v) is 5.76. The molecule has 1 saturated heterocycles. The van der Waals surface area contributed by atoms with Crippen molar-refractivity contribution in [1.82, 2.24) is 14.2 Å². The van der Waals surface area contributed by atoms with E-state index in [9.17, 15) is 13.2 Å². The van der Waals surface area contributed by atoms with Crippen LogP contribution in [0, 0.1) is 6.92 Å². The number of aromatic nitrogens is 1. The normalized spacial score (nSPS) is 15.1. The summed E-state index contributed by atoms with van der Waals surface area (Å²) in [6.07, 6.45) is 0. The summed E-state index contributed by atoms with van der Waals surface area (Å²) in [5, 5.41) is 1.62. The third kappa shape index (κ3) is 4.15. The molecule has 0 radical (unpaired) electrons. The molecule has 1 aromatic heterocycles. The lowest BCUT2D eigenvalue weighted by Gasteiger charge is -2.34. The van der Waals surface area contributed by atoms with E-state index in [0.29, 0.717) is 36.8 Å². The largest absolute Gasteiger partial charge is 0.345 e. The Labute approximate surface area is 190 Å². The molecule has 10 heteroatoms. The summed E-state index contributed by atoms with van der Waals surface area (Å²) in [6.45, 7) is 4.51. The van der Waals surface area contributed by atoms with Crippen LogP contribution < -0.4 is 4.90 Å². The molecular weight excluding hydrogens is 456 g/mol. The highest BCUT2D eigenvalue weighted by molar-refractivity contribution is 7.89. The van der Waals surface area contributed by atoms with Crippen LogP contribution in [0.5, 0.6) is 0 Å². The van der Waals surface area contributed by atoms with E-state index in [0.717, 1.165) is 25.2 Å². The number of rotatable bonds is 4. The second-order valence-corrected chi connectivity index (χ2v) is 11.2. The van der Waals surface area contributed by atoms with E-state index in [4.69, 9.17) is 16.6 Å². The molecule has 2 aromatic carbocycles. The lowest BCUT2D eigenvalue weighted by Crippen LogP contribution is -2.48. The number of fused-ring (bicyclic) bond motifs is 1. The Morgan fingerprint density at radius 2 is 1.71 bits per heavy atom. The lowest BCUT2D eigenvalue weighted by atomic mass is 10.2. The topological polar surface area (TPSA) is 73.8 Å². The second kappa shape index (κ2) is 8.38. The van der Waals surface area contributed by atoms with Gasteiger partial charge in [0, 0.05) is 45.8 Å². The van der Waals surface area contributed by atoms with Gasteiger partial charge in [0.1, 0.15) is 0 Å². The zero-order valence-electron chi connectivity index (χ0n) is 17.5. The number of carbonyl (C=O) groups excluding carboxylic acids is 1. The number of thiazole rings is 1. The van der Waals surface area contributed by atoms with Gasteiger partial charge in [-0.15, -0.1) is 0 Å². The molecule has 0 atom stereocenters. The van der Waals surface area contributed by atoms with Gasteiger partial charge in [-0.05, 0) is 42.8 Å². The van der Waals surface area contributed by atoms with Crippen LogP contribution >= 0.6 is 22.9 Å². The van der Waals surface area contributed by atoms with Crippen molar-refractivity contribution in [3.05, 3.63) is 52.5 Å². The van der Waals surface area contributed by atoms with Gasteiger partial charge in [-0.1, -0.05) is 29.0 Å². The molecule has 4 rings (SSSR count). The Morgan fingerprint density at radius 3 is 2.29 bits per heavy atom. The Bertz CT molecular complexity index is 1190. The molecule has 0 bridgehead atoms. The number of halogens is 1. The van der Waals surface area contributed by atoms with Crippen LogP contribution in [0.2, 0.25) is 5.02 Å². The van der Waals surface area contributed by atoms with Gasteiger partial charge in [0.05, 0.1) is 20.1 Å². The molecule has 164 valence electrons. The number of piperazine rings is 1. The zero-order chi connectivity index (χ0) is 22.3. The Kier molecular flexibility index (Phi) is 5.95. The summed E-state index contributed by atoms with van der Waals surface area (Å²) in [4.78, 5) is 21.8. The van der Waals surface area contributed by atoms with E-state index >= 15 is 0 Å². The summed E-state index contributed by atoms with van der Waals surface area (Å²) in [5.74, 6) is -0.100. The first-order valence-corrected chi connectivity index (χ1v) is 12.4. The molecule has 0 N–H and O–H groups in total. The SMILES string of the molecule is Cc1ccc(Cl)c2sc(N3CCN(C(=O)c4ccc(S(=O)(=O)N(C)C)cc4)CC3)nc12. The van der Waals surface area contributed by atoms with Crippen molar-refractivity contribution in [3.8, 4) is 0 Å². The molecule has 0 saturated carbocycles. The lowest BCUT2D eigenvalue weighted by molar-refractivity contribution is 0.0746. The van der Waals surface area contributed by atoms with E-state index in [1.165, 1.54) is 26.2 Å². The van der Waals surface area contributed by atoms with Crippen LogP contribution in [-0.2, 0) is 10.0 Å². The van der Waals surface area contributed by atoms with Crippen LogP contribution in [0.3, 0.4) is 0 Å². The average molecular weight is 479 g/mol. The number of hydrogen-bond acceptors (Lipinski definition) is 6. The molecule has 1 aliphatic heterocycles. The molecule has 3 aromatic rings. The highest BCUT2D eigenvalue weighted by Gasteiger charge is 2.25. The number of benzene rings is 2. The predicted molar refractivity (Wildman–Crippen MR) is 125 cm³/mol. The van der Waals surface area contributed by atoms with Crippen molar-refractivity contribution in [3.63, 3.8) is 0 Å². The molecule has 1 fully saturated rings. The van der Waals surface area contributed by atoms with Gasteiger partial charge in [-0.25, -0.2) is 17.7 Å². The van der Waals surface area contributed by atoms with E-state index in [1.54, 1.807) is 28.4 Å². The first-order chi connectivity index (χ1) is 14.7. The average Bonchev–Trinajstić information content (AvgIpc) is 3.23. The third-order valence-electron chi connectivity index (χ3n) is 5.40. The van der Waals surface area contributed by atoms with Crippen molar-refractivity contribution in [1.29, 1.82) is 0 Å². The van der Waals surface area contributed by atoms with Crippen molar-refractivity contribution < 1.29 is 13.2 Å². The van der Waals surface area contributed by atoms with Crippen molar-refractivity contribution in [2.24, 2.45) is 0 Å². The Hall–Kier alpha value is -2.20. The van der Waals surface area contributed by atoms with E-state index in [-0.39, 0.29) is 10.8 Å². The van der Waals surface area contributed by atoms with Crippen LogP contribution in [0.1, 0.15) is 15.9 Å². The first-order valence-electron chi connectivity index (χ1n) is 9.81. The number of amides is 1. The highest BCUT2D eigenvalue weighted by Crippen LogP contribution is 2.35. The van der Waals surface area contributed by atoms with Crippen molar-refractivity contribution >= 4 is 54.2 Å². The second-order valence-electron chi connectivity index (χ2n) is 7.63. The number of sulfonamides is 1. The smallest absolute Gasteiger partial charge is 0.253 e. The number of nitrogens with zero attached hydrogens (tertiary/aromatic N) is 4. The van der Waals surface area contributed by atoms with E-state index in [1.807, 2.05) is 19.1 Å². The Balaban J connectivity index is 1.45. The minimum Gasteiger partial charge on any atom is -0.345 e. The van der Waals surface area contributed by atoms with Crippen LogP contribution in [-0.4, -0.2) is 68.8 Å². The summed E-state index contributed by atoms with van der Waals surface area (Å²) in [7, 11) is -0.552. The molecular formula is C21H23ClN4O3S2. The minimum absolute atomic E-state index is 0.100.